The molecular formula is C36H26N4Na4O18S8. The summed E-state index contributed by atoms with van der Waals surface area (Å²) in [7, 11) is -25.8. The van der Waals surface area contributed by atoms with Crippen molar-refractivity contribution in [1.82, 2.24) is 0 Å². The van der Waals surface area contributed by atoms with Gasteiger partial charge < -0.3 is 19.3 Å². The van der Waals surface area contributed by atoms with E-state index in [-0.39, 0.29) is 184 Å². The summed E-state index contributed by atoms with van der Waals surface area (Å²) in [6.45, 7) is 0. The van der Waals surface area contributed by atoms with Gasteiger partial charge in [0.1, 0.15) is 30.0 Å². The molecule has 6 aromatic carbocycles. The van der Waals surface area contributed by atoms with E-state index in [1.807, 2.05) is 0 Å². The number of rotatable bonds is 17. The molecule has 0 unspecified atom stereocenters. The minimum atomic E-state index is -5.13. The molecule has 0 saturated heterocycles. The molecule has 0 aliphatic heterocycles. The smallest absolute Gasteiger partial charge is 0.871 e. The molecule has 0 fully saturated rings. The maximum atomic E-state index is 13.1. The fraction of sp³-hybridized carbons (Fsp3) is 0.111. The summed E-state index contributed by atoms with van der Waals surface area (Å²) in [5.74, 6) is -2.82. The monoisotopic (exact) mass is 1150 g/mol. The molecule has 0 spiro atoms. The van der Waals surface area contributed by atoms with Crippen LogP contribution in [0.15, 0.2) is 147 Å². The summed E-state index contributed by atoms with van der Waals surface area (Å²) in [5.41, 5.74) is -1.77. The van der Waals surface area contributed by atoms with Crippen LogP contribution in [-0.4, -0.2) is 91.7 Å². The molecule has 0 heterocycles. The van der Waals surface area contributed by atoms with E-state index in [0.29, 0.717) is 0 Å². The molecule has 2 N–H and O–H groups in total. The molecule has 0 aromatic heterocycles. The number of nitrogens with zero attached hydrogens (tertiary/aromatic N) is 4. The fourth-order valence-corrected chi connectivity index (χ4v) is 14.2. The summed E-state index contributed by atoms with van der Waals surface area (Å²) < 4.78 is 188. The van der Waals surface area contributed by atoms with Crippen molar-refractivity contribution in [2.24, 2.45) is 20.5 Å². The summed E-state index contributed by atoms with van der Waals surface area (Å²) >= 11 is 0. The minimum absolute atomic E-state index is 0. The van der Waals surface area contributed by atoms with Gasteiger partial charge in [-0.15, -0.1) is 10.2 Å². The molecule has 6 aromatic rings. The number of hydrogen-bond acceptors (Lipinski definition) is 22. The Hall–Kier alpha value is -1.12. The predicted octanol–water partition coefficient (Wildman–Crippen LogP) is -7.08. The third kappa shape index (κ3) is 16.2. The van der Waals surface area contributed by atoms with Gasteiger partial charge in [0.25, 0.3) is 20.2 Å². The summed E-state index contributed by atoms with van der Waals surface area (Å²) in [4.78, 5) is -3.86. The first-order valence-electron chi connectivity index (χ1n) is 17.7. The van der Waals surface area contributed by atoms with Crippen molar-refractivity contribution in [3.05, 3.63) is 97.1 Å². The van der Waals surface area contributed by atoms with E-state index < -0.39 is 103 Å². The van der Waals surface area contributed by atoms with Gasteiger partial charge in [-0.1, -0.05) is 45.2 Å². The Morgan fingerprint density at radius 2 is 0.729 bits per heavy atom. The van der Waals surface area contributed by atoms with Gasteiger partial charge in [-0.2, -0.15) is 27.1 Å². The molecule has 0 atom stereocenters. The van der Waals surface area contributed by atoms with Crippen molar-refractivity contribution in [3.8, 4) is 11.5 Å². The number of sulfone groups is 2. The van der Waals surface area contributed by atoms with Crippen LogP contribution in [0.4, 0.5) is 22.7 Å². The first-order valence-corrected chi connectivity index (χ1v) is 29.2. The van der Waals surface area contributed by atoms with Gasteiger partial charge in [0.15, 0.2) is 19.7 Å². The number of azo groups is 2. The first-order chi connectivity index (χ1) is 30.6. The van der Waals surface area contributed by atoms with Crippen LogP contribution in [-0.2, 0) is 60.1 Å². The molecule has 0 saturated carbocycles. The van der Waals surface area contributed by atoms with Crippen LogP contribution in [0.3, 0.4) is 0 Å². The average Bonchev–Trinajstić information content (AvgIpc) is 3.22. The number of hydrogen-bond donors (Lipinski definition) is 2. The molecule has 34 heteroatoms. The average molecular weight is 1150 g/mol. The molecule has 6 rings (SSSR count). The molecule has 0 amide bonds. The van der Waals surface area contributed by atoms with E-state index in [1.165, 1.54) is 48.5 Å². The zero-order chi connectivity index (χ0) is 48.6. The fourth-order valence-electron chi connectivity index (χ4n) is 5.82. The van der Waals surface area contributed by atoms with Crippen molar-refractivity contribution in [3.63, 3.8) is 0 Å². The topological polar surface area (TPSA) is 387 Å². The molecule has 0 aliphatic rings. The Balaban J connectivity index is 0.00000420. The Kier molecular flexibility index (Phi) is 23.8. The second-order valence-corrected chi connectivity index (χ2v) is 25.9. The van der Waals surface area contributed by atoms with E-state index >= 15 is 0 Å². The van der Waals surface area contributed by atoms with Gasteiger partial charge in [-0.25, -0.2) is 33.7 Å². The zero-order valence-electron chi connectivity index (χ0n) is 36.5. The summed E-state index contributed by atoms with van der Waals surface area (Å²) in [5, 5.41) is 40.0. The van der Waals surface area contributed by atoms with Crippen molar-refractivity contribution in [2.75, 3.05) is 23.0 Å². The van der Waals surface area contributed by atoms with E-state index in [1.54, 1.807) is 0 Å². The minimum Gasteiger partial charge on any atom is -0.871 e. The SMILES string of the molecule is O=S(=O)([O-])c1ccc2c([O-])c(N=Nc3ccc(S(=O)(=O)CCSSCCS(=O)(=O)c4ccc(N=Nc5c(S(=O)(=O)O)cc6cc(S(=O)(=O)[O-])ccc6c5[O-])cc4)cc3)c(S(=O)(=O)O)cc2c1.[Na+].[Na+].[Na+].[Na+]. The number of benzene rings is 6. The molecule has 22 nitrogen and oxygen atoms in total. The van der Waals surface area contributed by atoms with Crippen LogP contribution in [0, 0.1) is 0 Å². The maximum absolute atomic E-state index is 13.1. The Labute approximate surface area is 497 Å². The third-order valence-electron chi connectivity index (χ3n) is 9.02. The molecule has 0 radical (unpaired) electrons. The molecule has 350 valence electrons. The summed E-state index contributed by atoms with van der Waals surface area (Å²) in [6.07, 6.45) is 0. The van der Waals surface area contributed by atoms with Crippen LogP contribution in [0.5, 0.6) is 11.5 Å². The normalized spacial score (nSPS) is 12.6. The zero-order valence-corrected chi connectivity index (χ0v) is 51.1. The van der Waals surface area contributed by atoms with Gasteiger partial charge >= 0.3 is 118 Å². The second-order valence-electron chi connectivity index (χ2n) is 13.4. The predicted molar refractivity (Wildman–Crippen MR) is 233 cm³/mol. The molecular weight excluding hydrogens is 1120 g/mol. The summed E-state index contributed by atoms with van der Waals surface area (Å²) in [6, 6.07) is 16.0. The van der Waals surface area contributed by atoms with E-state index in [2.05, 4.69) is 20.5 Å². The van der Waals surface area contributed by atoms with Crippen LogP contribution >= 0.6 is 21.6 Å². The van der Waals surface area contributed by atoms with Crippen molar-refractivity contribution in [1.29, 1.82) is 0 Å². The molecule has 0 aliphatic carbocycles. The van der Waals surface area contributed by atoms with Crippen LogP contribution in [0.2, 0.25) is 0 Å². The van der Waals surface area contributed by atoms with Crippen molar-refractivity contribution < 1.29 is 197 Å². The molecule has 0 bridgehead atoms. The van der Waals surface area contributed by atoms with Crippen LogP contribution < -0.4 is 128 Å². The van der Waals surface area contributed by atoms with Crippen LogP contribution in [0.25, 0.3) is 21.5 Å². The quantitative estimate of drug-likeness (QED) is 0.0282. The third-order valence-corrected chi connectivity index (χ3v) is 18.8. The van der Waals surface area contributed by atoms with Crippen molar-refractivity contribution >= 4 is 126 Å². The Bertz CT molecular complexity index is 3460. The Morgan fingerprint density at radius 3 is 1.01 bits per heavy atom. The van der Waals surface area contributed by atoms with E-state index in [0.717, 1.165) is 70.1 Å². The maximum Gasteiger partial charge on any atom is 1.00 e. The molecule has 70 heavy (non-hydrogen) atoms. The second kappa shape index (κ2) is 25.6. The van der Waals surface area contributed by atoms with Crippen LogP contribution in [0.1, 0.15) is 0 Å². The van der Waals surface area contributed by atoms with Gasteiger partial charge in [0.2, 0.25) is 0 Å². The van der Waals surface area contributed by atoms with E-state index in [9.17, 15) is 78.9 Å². The largest absolute Gasteiger partial charge is 1.00 e. The van der Waals surface area contributed by atoms with Gasteiger partial charge in [-0.3, -0.25) is 9.11 Å². The first kappa shape index (κ1) is 65.0. The standard InChI is InChI=1S/C36H30N4O18S8.4Na/c41-35-29-11-9-27(63(47,48)49)17-21(29)19-31(65(53,54)55)33(35)39-37-23-1-5-25(6-2-23)61(43,44)15-13-59-60-14-16-62(45,46)26-7-3-24(4-8-26)38-40-34-32(66(56,57)58)20-22-18-28(64(50,51)52)10-12-30(22)36(34)42;;;;/h1-12,17-20,41-42H,13-16H2,(H,47,48,49)(H,50,51,52)(H,53,54,55)(H,56,57,58);;;;/q;4*+1/p-4. The Morgan fingerprint density at radius 1 is 0.429 bits per heavy atom. The van der Waals surface area contributed by atoms with Crippen molar-refractivity contribution in [2.45, 2.75) is 29.4 Å². The van der Waals surface area contributed by atoms with Gasteiger partial charge in [0.05, 0.1) is 53.8 Å². The number of fused-ring (bicyclic) bond motifs is 2. The van der Waals surface area contributed by atoms with Gasteiger partial charge in [-0.05, 0) is 106 Å². The van der Waals surface area contributed by atoms with E-state index in [4.69, 9.17) is 0 Å². The van der Waals surface area contributed by atoms with Gasteiger partial charge in [0, 0.05) is 11.5 Å².